The van der Waals surface area contributed by atoms with Crippen LogP contribution in [0.15, 0.2) is 48.8 Å². The molecule has 0 atom stereocenters. The molecule has 0 bridgehead atoms. The molecule has 4 heteroatoms. The molecule has 0 fully saturated rings. The number of rotatable bonds is 8. The van der Waals surface area contributed by atoms with Gasteiger partial charge in [-0.1, -0.05) is 18.2 Å². The Hall–Kier alpha value is -2.36. The van der Waals surface area contributed by atoms with Gasteiger partial charge in [0.2, 0.25) is 5.91 Å². The lowest BCUT2D eigenvalue weighted by Crippen LogP contribution is -2.35. The third-order valence-corrected chi connectivity index (χ3v) is 3.82. The minimum absolute atomic E-state index is 0.0918. The fraction of sp³-hybridized carbons (Fsp3) is 0.368. The summed E-state index contributed by atoms with van der Waals surface area (Å²) >= 11 is 0. The van der Waals surface area contributed by atoms with Crippen LogP contribution >= 0.6 is 0 Å². The molecule has 1 heterocycles. The number of hydrogen-bond donors (Lipinski definition) is 1. The Labute approximate surface area is 138 Å². The van der Waals surface area contributed by atoms with Crippen molar-refractivity contribution in [2.45, 2.75) is 26.7 Å². The van der Waals surface area contributed by atoms with Crippen molar-refractivity contribution >= 4 is 11.6 Å². The minimum Gasteiger partial charge on any atom is -0.370 e. The molecule has 2 rings (SSSR count). The maximum Gasteiger partial charge on any atom is 0.220 e. The van der Waals surface area contributed by atoms with Crippen LogP contribution in [-0.4, -0.2) is 30.5 Å². The summed E-state index contributed by atoms with van der Waals surface area (Å²) in [6.07, 6.45) is 4.79. The molecule has 122 valence electrons. The molecule has 0 aliphatic rings. The molecule has 0 unspecified atom stereocenters. The fourth-order valence-corrected chi connectivity index (χ4v) is 2.52. The lowest BCUT2D eigenvalue weighted by Gasteiger charge is -2.23. The highest BCUT2D eigenvalue weighted by atomic mass is 16.1. The standard InChI is InChI=1S/C19H25N3O/c1-3-22(18-8-4-6-16(2)14-18)13-12-21-19(23)10-9-17-7-5-11-20-15-17/h4-8,11,14-15H,3,9-10,12-13H2,1-2H3,(H,21,23). The molecule has 23 heavy (non-hydrogen) atoms. The Kier molecular flexibility index (Phi) is 6.60. The smallest absolute Gasteiger partial charge is 0.220 e. The van der Waals surface area contributed by atoms with Crippen LogP contribution < -0.4 is 10.2 Å². The molecule has 1 amide bonds. The Morgan fingerprint density at radius 3 is 2.83 bits per heavy atom. The van der Waals surface area contributed by atoms with E-state index in [4.69, 9.17) is 0 Å². The van der Waals surface area contributed by atoms with Gasteiger partial charge in [0, 0.05) is 44.1 Å². The summed E-state index contributed by atoms with van der Waals surface area (Å²) in [7, 11) is 0. The van der Waals surface area contributed by atoms with E-state index >= 15 is 0 Å². The second-order valence-corrected chi connectivity index (χ2v) is 5.63. The molecular formula is C19H25N3O. The number of likely N-dealkylation sites (N-methyl/N-ethyl adjacent to an activating group) is 1. The first-order valence-corrected chi connectivity index (χ1v) is 8.16. The van der Waals surface area contributed by atoms with Gasteiger partial charge < -0.3 is 10.2 Å². The van der Waals surface area contributed by atoms with Gasteiger partial charge in [-0.25, -0.2) is 0 Å². The van der Waals surface area contributed by atoms with Crippen LogP contribution in [0.5, 0.6) is 0 Å². The average Bonchev–Trinajstić information content (AvgIpc) is 2.58. The van der Waals surface area contributed by atoms with E-state index in [1.54, 1.807) is 6.20 Å². The van der Waals surface area contributed by atoms with Crippen LogP contribution in [0, 0.1) is 6.92 Å². The normalized spacial score (nSPS) is 10.3. The molecule has 4 nitrogen and oxygen atoms in total. The number of pyridine rings is 1. The number of carbonyl (C=O) groups excluding carboxylic acids is 1. The van der Waals surface area contributed by atoms with Crippen molar-refractivity contribution < 1.29 is 4.79 Å². The largest absolute Gasteiger partial charge is 0.370 e. The van der Waals surface area contributed by atoms with Crippen molar-refractivity contribution in [2.24, 2.45) is 0 Å². The second kappa shape index (κ2) is 8.93. The minimum atomic E-state index is 0.0918. The molecule has 1 aromatic heterocycles. The van der Waals surface area contributed by atoms with E-state index in [1.807, 2.05) is 18.3 Å². The van der Waals surface area contributed by atoms with Crippen LogP contribution in [0.4, 0.5) is 5.69 Å². The van der Waals surface area contributed by atoms with Gasteiger partial charge in [0.25, 0.3) is 0 Å². The molecule has 2 aromatic rings. The molecule has 1 aromatic carbocycles. The van der Waals surface area contributed by atoms with Crippen LogP contribution in [0.2, 0.25) is 0 Å². The molecule has 0 aliphatic carbocycles. The molecule has 0 saturated heterocycles. The van der Waals surface area contributed by atoms with Gasteiger partial charge in [0.15, 0.2) is 0 Å². The molecule has 0 saturated carbocycles. The van der Waals surface area contributed by atoms with E-state index in [0.29, 0.717) is 13.0 Å². The van der Waals surface area contributed by atoms with E-state index < -0.39 is 0 Å². The van der Waals surface area contributed by atoms with E-state index in [9.17, 15) is 4.79 Å². The third kappa shape index (κ3) is 5.74. The van der Waals surface area contributed by atoms with E-state index in [2.05, 4.69) is 53.3 Å². The van der Waals surface area contributed by atoms with E-state index in [0.717, 1.165) is 25.1 Å². The first kappa shape index (κ1) is 17.0. The zero-order valence-corrected chi connectivity index (χ0v) is 14.0. The average molecular weight is 311 g/mol. The zero-order valence-electron chi connectivity index (χ0n) is 14.0. The van der Waals surface area contributed by atoms with Crippen molar-refractivity contribution in [2.75, 3.05) is 24.5 Å². The number of hydrogen-bond acceptors (Lipinski definition) is 3. The lowest BCUT2D eigenvalue weighted by molar-refractivity contribution is -0.120. The van der Waals surface area contributed by atoms with Crippen molar-refractivity contribution in [3.8, 4) is 0 Å². The molecular weight excluding hydrogens is 286 g/mol. The molecule has 1 N–H and O–H groups in total. The summed E-state index contributed by atoms with van der Waals surface area (Å²) in [6, 6.07) is 12.3. The predicted molar refractivity (Wildman–Crippen MR) is 94.6 cm³/mol. The zero-order chi connectivity index (χ0) is 16.5. The first-order valence-electron chi connectivity index (χ1n) is 8.16. The first-order chi connectivity index (χ1) is 11.2. The molecule has 0 radical (unpaired) electrons. The van der Waals surface area contributed by atoms with Crippen LogP contribution in [0.3, 0.4) is 0 Å². The topological polar surface area (TPSA) is 45.2 Å². The Morgan fingerprint density at radius 2 is 2.13 bits per heavy atom. The SMILES string of the molecule is CCN(CCNC(=O)CCc1cccnc1)c1cccc(C)c1. The highest BCUT2D eigenvalue weighted by Gasteiger charge is 2.06. The lowest BCUT2D eigenvalue weighted by atomic mass is 10.1. The maximum absolute atomic E-state index is 11.9. The maximum atomic E-state index is 11.9. The molecule has 0 aliphatic heterocycles. The monoisotopic (exact) mass is 311 g/mol. The number of nitrogens with one attached hydrogen (secondary N) is 1. The van der Waals surface area contributed by atoms with E-state index in [1.165, 1.54) is 11.3 Å². The quantitative estimate of drug-likeness (QED) is 0.815. The summed E-state index contributed by atoms with van der Waals surface area (Å²) in [5, 5.41) is 3.00. The predicted octanol–water partition coefficient (Wildman–Crippen LogP) is 2.97. The van der Waals surface area contributed by atoms with Gasteiger partial charge in [-0.05, 0) is 49.6 Å². The number of nitrogens with zero attached hydrogens (tertiary/aromatic N) is 2. The summed E-state index contributed by atoms with van der Waals surface area (Å²) in [6.45, 7) is 6.63. The number of benzene rings is 1. The highest BCUT2D eigenvalue weighted by Crippen LogP contribution is 2.14. The number of anilines is 1. The summed E-state index contributed by atoms with van der Waals surface area (Å²) in [5.41, 5.74) is 3.55. The van der Waals surface area contributed by atoms with Crippen LogP contribution in [0.25, 0.3) is 0 Å². The highest BCUT2D eigenvalue weighted by molar-refractivity contribution is 5.76. The van der Waals surface area contributed by atoms with Gasteiger partial charge >= 0.3 is 0 Å². The van der Waals surface area contributed by atoms with Crippen molar-refractivity contribution in [3.63, 3.8) is 0 Å². The Morgan fingerprint density at radius 1 is 1.26 bits per heavy atom. The number of carbonyl (C=O) groups is 1. The summed E-state index contributed by atoms with van der Waals surface area (Å²) in [4.78, 5) is 18.3. The van der Waals surface area contributed by atoms with Crippen LogP contribution in [-0.2, 0) is 11.2 Å². The number of aromatic nitrogens is 1. The summed E-state index contributed by atoms with van der Waals surface area (Å²) in [5.74, 6) is 0.0918. The van der Waals surface area contributed by atoms with E-state index in [-0.39, 0.29) is 5.91 Å². The van der Waals surface area contributed by atoms with Gasteiger partial charge in [-0.2, -0.15) is 0 Å². The molecule has 0 spiro atoms. The third-order valence-electron chi connectivity index (χ3n) is 3.82. The second-order valence-electron chi connectivity index (χ2n) is 5.63. The Balaban J connectivity index is 1.73. The van der Waals surface area contributed by atoms with Gasteiger partial charge in [0.1, 0.15) is 0 Å². The summed E-state index contributed by atoms with van der Waals surface area (Å²) < 4.78 is 0. The van der Waals surface area contributed by atoms with Crippen molar-refractivity contribution in [1.82, 2.24) is 10.3 Å². The fourth-order valence-electron chi connectivity index (χ4n) is 2.52. The van der Waals surface area contributed by atoms with Gasteiger partial charge in [0.05, 0.1) is 0 Å². The van der Waals surface area contributed by atoms with Crippen LogP contribution in [0.1, 0.15) is 24.5 Å². The van der Waals surface area contributed by atoms with Gasteiger partial charge in [-0.3, -0.25) is 9.78 Å². The van der Waals surface area contributed by atoms with Crippen molar-refractivity contribution in [3.05, 3.63) is 59.9 Å². The number of amides is 1. The van der Waals surface area contributed by atoms with Gasteiger partial charge in [-0.15, -0.1) is 0 Å². The number of aryl methyl sites for hydroxylation is 2. The van der Waals surface area contributed by atoms with Crippen molar-refractivity contribution in [1.29, 1.82) is 0 Å². The Bertz CT molecular complexity index is 613.